The highest BCUT2D eigenvalue weighted by atomic mass is 79.9. The van der Waals surface area contributed by atoms with Crippen LogP contribution in [0.15, 0.2) is 16.9 Å². The smallest absolute Gasteiger partial charge is 0.211 e. The minimum absolute atomic E-state index is 0.586. The molecule has 70 valence electrons. The Labute approximate surface area is 83.6 Å². The standard InChI is InChI=1S/C7H8BrN3O2/c1-13-11-6-3-9-7(8)2-5(6)10-4-12/h2-4,11H,1H3,(H,9,10,12). The molecule has 0 saturated carbocycles. The topological polar surface area (TPSA) is 63.2 Å². The molecule has 0 spiro atoms. The third-order valence-electron chi connectivity index (χ3n) is 1.30. The summed E-state index contributed by atoms with van der Waals surface area (Å²) in [5.41, 5.74) is 3.77. The van der Waals surface area contributed by atoms with E-state index >= 15 is 0 Å². The molecule has 5 nitrogen and oxygen atoms in total. The average Bonchev–Trinajstić information content (AvgIpc) is 2.10. The molecular formula is C7H8BrN3O2. The molecule has 0 aromatic carbocycles. The van der Waals surface area contributed by atoms with E-state index in [-0.39, 0.29) is 0 Å². The Bertz CT molecular complexity index is 306. The van der Waals surface area contributed by atoms with Crippen molar-refractivity contribution in [2.45, 2.75) is 0 Å². The van der Waals surface area contributed by atoms with Crippen LogP contribution in [-0.4, -0.2) is 18.5 Å². The van der Waals surface area contributed by atoms with Crippen molar-refractivity contribution in [3.63, 3.8) is 0 Å². The van der Waals surface area contributed by atoms with E-state index in [1.54, 1.807) is 12.3 Å². The molecule has 2 N–H and O–H groups in total. The van der Waals surface area contributed by atoms with E-state index in [0.29, 0.717) is 22.4 Å². The maximum atomic E-state index is 10.2. The number of nitrogens with one attached hydrogen (secondary N) is 2. The van der Waals surface area contributed by atoms with Gasteiger partial charge in [0.15, 0.2) is 0 Å². The Morgan fingerprint density at radius 2 is 2.38 bits per heavy atom. The number of aromatic nitrogens is 1. The lowest BCUT2D eigenvalue weighted by atomic mass is 10.3. The van der Waals surface area contributed by atoms with E-state index in [4.69, 9.17) is 4.84 Å². The number of rotatable bonds is 4. The van der Waals surface area contributed by atoms with Crippen molar-refractivity contribution in [1.82, 2.24) is 4.98 Å². The number of pyridine rings is 1. The van der Waals surface area contributed by atoms with Crippen molar-refractivity contribution in [3.05, 3.63) is 16.9 Å². The highest BCUT2D eigenvalue weighted by molar-refractivity contribution is 9.10. The van der Waals surface area contributed by atoms with Gasteiger partial charge in [-0.1, -0.05) is 0 Å². The van der Waals surface area contributed by atoms with Crippen molar-refractivity contribution in [1.29, 1.82) is 0 Å². The quantitative estimate of drug-likeness (QED) is 0.478. The van der Waals surface area contributed by atoms with E-state index in [9.17, 15) is 4.79 Å². The maximum Gasteiger partial charge on any atom is 0.211 e. The molecule has 0 aliphatic rings. The molecule has 0 unspecified atom stereocenters. The Hall–Kier alpha value is -1.14. The number of amides is 1. The van der Waals surface area contributed by atoms with Gasteiger partial charge in [0.1, 0.15) is 10.3 Å². The minimum atomic E-state index is 0.586. The maximum absolute atomic E-state index is 10.2. The first-order valence-electron chi connectivity index (χ1n) is 3.42. The summed E-state index contributed by atoms with van der Waals surface area (Å²) < 4.78 is 0.638. The molecule has 0 aliphatic heterocycles. The van der Waals surface area contributed by atoms with Gasteiger partial charge < -0.3 is 5.32 Å². The molecule has 0 radical (unpaired) electrons. The summed E-state index contributed by atoms with van der Waals surface area (Å²) in [6, 6.07) is 1.66. The van der Waals surface area contributed by atoms with Crippen molar-refractivity contribution >= 4 is 33.7 Å². The van der Waals surface area contributed by atoms with Gasteiger partial charge in [-0.05, 0) is 22.0 Å². The number of halogens is 1. The Balaban J connectivity index is 2.95. The molecule has 0 atom stereocenters. The second kappa shape index (κ2) is 4.78. The van der Waals surface area contributed by atoms with Crippen molar-refractivity contribution in [2.24, 2.45) is 0 Å². The van der Waals surface area contributed by atoms with Gasteiger partial charge >= 0.3 is 0 Å². The number of hydrogen-bond acceptors (Lipinski definition) is 4. The van der Waals surface area contributed by atoms with Crippen LogP contribution in [0.5, 0.6) is 0 Å². The van der Waals surface area contributed by atoms with Crippen LogP contribution in [0.25, 0.3) is 0 Å². The molecule has 1 aromatic rings. The lowest BCUT2D eigenvalue weighted by Crippen LogP contribution is -2.03. The first-order valence-corrected chi connectivity index (χ1v) is 4.22. The van der Waals surface area contributed by atoms with Crippen LogP contribution < -0.4 is 10.8 Å². The molecule has 0 saturated heterocycles. The Morgan fingerprint density at radius 1 is 1.62 bits per heavy atom. The van der Waals surface area contributed by atoms with Crippen LogP contribution in [0.2, 0.25) is 0 Å². The van der Waals surface area contributed by atoms with Crippen LogP contribution in [0.4, 0.5) is 11.4 Å². The lowest BCUT2D eigenvalue weighted by Gasteiger charge is -2.08. The van der Waals surface area contributed by atoms with E-state index in [2.05, 4.69) is 31.7 Å². The number of nitrogens with zero attached hydrogens (tertiary/aromatic N) is 1. The van der Waals surface area contributed by atoms with E-state index in [1.807, 2.05) is 0 Å². The Morgan fingerprint density at radius 3 is 3.00 bits per heavy atom. The third kappa shape index (κ3) is 2.67. The fourth-order valence-corrected chi connectivity index (χ4v) is 1.14. The number of hydrogen-bond donors (Lipinski definition) is 2. The Kier molecular flexibility index (Phi) is 3.66. The van der Waals surface area contributed by atoms with Gasteiger partial charge in [-0.25, -0.2) is 4.98 Å². The molecule has 6 heteroatoms. The van der Waals surface area contributed by atoms with E-state index in [0.717, 1.165) is 0 Å². The highest BCUT2D eigenvalue weighted by Crippen LogP contribution is 2.22. The van der Waals surface area contributed by atoms with Crippen LogP contribution in [-0.2, 0) is 9.63 Å². The van der Waals surface area contributed by atoms with Crippen molar-refractivity contribution in [2.75, 3.05) is 17.9 Å². The van der Waals surface area contributed by atoms with Gasteiger partial charge in [0.25, 0.3) is 0 Å². The molecule has 0 fully saturated rings. The highest BCUT2D eigenvalue weighted by Gasteiger charge is 2.02. The fourth-order valence-electron chi connectivity index (χ4n) is 0.804. The molecule has 0 bridgehead atoms. The van der Waals surface area contributed by atoms with Crippen LogP contribution >= 0.6 is 15.9 Å². The minimum Gasteiger partial charge on any atom is -0.327 e. The lowest BCUT2D eigenvalue weighted by molar-refractivity contribution is -0.105. The van der Waals surface area contributed by atoms with Crippen LogP contribution in [0, 0.1) is 0 Å². The normalized spacial score (nSPS) is 9.38. The van der Waals surface area contributed by atoms with Gasteiger partial charge in [0, 0.05) is 0 Å². The number of anilines is 2. The largest absolute Gasteiger partial charge is 0.327 e. The van der Waals surface area contributed by atoms with Gasteiger partial charge in [0.05, 0.1) is 19.0 Å². The van der Waals surface area contributed by atoms with Gasteiger partial charge in [-0.15, -0.1) is 0 Å². The molecule has 1 amide bonds. The molecule has 1 aromatic heterocycles. The molecule has 1 heterocycles. The first-order chi connectivity index (χ1) is 6.27. The van der Waals surface area contributed by atoms with Crippen molar-refractivity contribution < 1.29 is 9.63 Å². The van der Waals surface area contributed by atoms with Gasteiger partial charge in [0.2, 0.25) is 6.41 Å². The third-order valence-corrected chi connectivity index (χ3v) is 1.73. The second-order valence-electron chi connectivity index (χ2n) is 2.12. The predicted molar refractivity (Wildman–Crippen MR) is 52.3 cm³/mol. The summed E-state index contributed by atoms with van der Waals surface area (Å²) in [5.74, 6) is 0. The zero-order chi connectivity index (χ0) is 9.68. The average molecular weight is 246 g/mol. The molecule has 0 aliphatic carbocycles. The number of carbonyl (C=O) groups excluding carboxylic acids is 1. The summed E-state index contributed by atoms with van der Waals surface area (Å²) in [6.45, 7) is 0. The molecule has 1 rings (SSSR count). The summed E-state index contributed by atoms with van der Waals surface area (Å²) >= 11 is 3.18. The van der Waals surface area contributed by atoms with Gasteiger partial charge in [-0.2, -0.15) is 0 Å². The molecule has 13 heavy (non-hydrogen) atoms. The zero-order valence-electron chi connectivity index (χ0n) is 6.87. The van der Waals surface area contributed by atoms with Crippen molar-refractivity contribution in [3.8, 4) is 0 Å². The zero-order valence-corrected chi connectivity index (χ0v) is 8.46. The van der Waals surface area contributed by atoms with Crippen LogP contribution in [0.1, 0.15) is 0 Å². The van der Waals surface area contributed by atoms with Gasteiger partial charge in [-0.3, -0.25) is 15.1 Å². The van der Waals surface area contributed by atoms with Crippen LogP contribution in [0.3, 0.4) is 0 Å². The molecular weight excluding hydrogens is 238 g/mol. The van der Waals surface area contributed by atoms with E-state index < -0.39 is 0 Å². The summed E-state index contributed by atoms with van der Waals surface area (Å²) in [7, 11) is 1.48. The summed E-state index contributed by atoms with van der Waals surface area (Å²) in [4.78, 5) is 18.9. The number of carbonyl (C=O) groups is 1. The monoisotopic (exact) mass is 245 g/mol. The SMILES string of the molecule is CONc1cnc(Br)cc1NC=O. The second-order valence-corrected chi connectivity index (χ2v) is 2.93. The summed E-state index contributed by atoms with van der Waals surface area (Å²) in [6.07, 6.45) is 2.13. The summed E-state index contributed by atoms with van der Waals surface area (Å²) in [5, 5.41) is 2.51. The predicted octanol–water partition coefficient (Wildman–Crippen LogP) is 1.39. The van der Waals surface area contributed by atoms with E-state index in [1.165, 1.54) is 7.11 Å². The first kappa shape index (κ1) is 9.94. The fraction of sp³-hybridized carbons (Fsp3) is 0.143.